The molecule has 1 amide bonds. The summed E-state index contributed by atoms with van der Waals surface area (Å²) in [6.07, 6.45) is 0.660. The van der Waals surface area contributed by atoms with Gasteiger partial charge in [0, 0.05) is 5.69 Å². The Morgan fingerprint density at radius 3 is 2.70 bits per heavy atom. The summed E-state index contributed by atoms with van der Waals surface area (Å²) in [4.78, 5) is 11.9. The van der Waals surface area contributed by atoms with E-state index < -0.39 is 6.10 Å². The Labute approximate surface area is 172 Å². The summed E-state index contributed by atoms with van der Waals surface area (Å²) < 4.78 is 26.8. The molecule has 2 aromatic carbocycles. The minimum atomic E-state index is -0.780. The van der Waals surface area contributed by atoms with E-state index in [4.69, 9.17) is 23.4 Å². The molecule has 30 heavy (non-hydrogen) atoms. The number of aliphatic hydroxyl groups excluding tert-OH is 1. The van der Waals surface area contributed by atoms with Gasteiger partial charge >= 0.3 is 0 Å². The number of fused-ring (bicyclic) bond motifs is 1. The molecule has 4 rings (SSSR count). The number of anilines is 1. The van der Waals surface area contributed by atoms with Crippen LogP contribution in [0, 0.1) is 0 Å². The predicted molar refractivity (Wildman–Crippen MR) is 107 cm³/mol. The molecule has 2 heterocycles. The Bertz CT molecular complexity index is 970. The molecule has 0 radical (unpaired) electrons. The molecule has 0 saturated heterocycles. The average molecular weight is 411 g/mol. The molecule has 0 fully saturated rings. The van der Waals surface area contributed by atoms with Gasteiger partial charge in [-0.15, -0.1) is 0 Å². The van der Waals surface area contributed by atoms with E-state index >= 15 is 0 Å². The van der Waals surface area contributed by atoms with Crippen LogP contribution in [0.25, 0.3) is 0 Å². The van der Waals surface area contributed by atoms with Crippen LogP contribution in [0.5, 0.6) is 17.2 Å². The van der Waals surface area contributed by atoms with Crippen molar-refractivity contribution in [3.8, 4) is 17.2 Å². The number of furan rings is 1. The average Bonchev–Trinajstić information content (AvgIpc) is 3.45. The fraction of sp³-hybridized carbons (Fsp3) is 0.227. The summed E-state index contributed by atoms with van der Waals surface area (Å²) in [5.41, 5.74) is 1.54. The molecule has 8 heteroatoms. The third-order valence-electron chi connectivity index (χ3n) is 4.32. The molecule has 1 aliphatic rings. The Morgan fingerprint density at radius 2 is 1.90 bits per heavy atom. The van der Waals surface area contributed by atoms with Gasteiger partial charge in [-0.05, 0) is 54.1 Å². The summed E-state index contributed by atoms with van der Waals surface area (Å²) in [5.74, 6) is 1.89. The van der Waals surface area contributed by atoms with E-state index in [1.165, 1.54) is 6.26 Å². The van der Waals surface area contributed by atoms with Crippen LogP contribution in [0.3, 0.4) is 0 Å². The molecule has 8 nitrogen and oxygen atoms in total. The standard InChI is InChI=1S/C22H21NO7/c24-17(12-26-11-15-3-8-19-21(10-15)30-14-29-19)13-28-18-6-4-16(5-7-18)23-22(25)20-2-1-9-27-20/h1-10,17,24H,11-14H2,(H,23,25). The third kappa shape index (κ3) is 5.11. The molecule has 0 aliphatic carbocycles. The molecular weight excluding hydrogens is 390 g/mol. The van der Waals surface area contributed by atoms with Gasteiger partial charge in [-0.1, -0.05) is 6.07 Å². The first-order chi connectivity index (χ1) is 14.7. The van der Waals surface area contributed by atoms with Crippen molar-refractivity contribution in [2.45, 2.75) is 12.7 Å². The molecule has 156 valence electrons. The van der Waals surface area contributed by atoms with Crippen molar-refractivity contribution < 1.29 is 33.3 Å². The SMILES string of the molecule is O=C(Nc1ccc(OCC(O)COCc2ccc3c(c2)OCO3)cc1)c1ccco1. The number of carbonyl (C=O) groups excluding carboxylic acids is 1. The van der Waals surface area contributed by atoms with Gasteiger partial charge in [0.25, 0.3) is 5.91 Å². The lowest BCUT2D eigenvalue weighted by atomic mass is 10.2. The molecule has 2 N–H and O–H groups in total. The normalized spacial score (nSPS) is 13.1. The zero-order valence-electron chi connectivity index (χ0n) is 16.1. The smallest absolute Gasteiger partial charge is 0.291 e. The summed E-state index contributed by atoms with van der Waals surface area (Å²) >= 11 is 0. The fourth-order valence-electron chi connectivity index (χ4n) is 2.82. The van der Waals surface area contributed by atoms with Gasteiger partial charge in [-0.25, -0.2) is 0 Å². The van der Waals surface area contributed by atoms with Crippen molar-refractivity contribution in [2.24, 2.45) is 0 Å². The third-order valence-corrected chi connectivity index (χ3v) is 4.32. The van der Waals surface area contributed by atoms with E-state index in [9.17, 15) is 9.90 Å². The summed E-state index contributed by atoms with van der Waals surface area (Å²) in [7, 11) is 0. The van der Waals surface area contributed by atoms with Crippen LogP contribution < -0.4 is 19.5 Å². The second-order valence-corrected chi connectivity index (χ2v) is 6.62. The van der Waals surface area contributed by atoms with E-state index in [1.54, 1.807) is 36.4 Å². The lowest BCUT2D eigenvalue weighted by Crippen LogP contribution is -2.23. The number of amides is 1. The van der Waals surface area contributed by atoms with Crippen LogP contribution in [0.1, 0.15) is 16.1 Å². The summed E-state index contributed by atoms with van der Waals surface area (Å²) in [6, 6.07) is 15.6. The van der Waals surface area contributed by atoms with E-state index in [0.717, 1.165) is 11.3 Å². The van der Waals surface area contributed by atoms with Crippen molar-refractivity contribution in [1.82, 2.24) is 0 Å². The number of benzene rings is 2. The highest BCUT2D eigenvalue weighted by Crippen LogP contribution is 2.32. The number of hydrogen-bond acceptors (Lipinski definition) is 7. The molecule has 1 atom stereocenters. The molecule has 0 bridgehead atoms. The first-order valence-corrected chi connectivity index (χ1v) is 9.39. The van der Waals surface area contributed by atoms with Gasteiger partial charge in [0.1, 0.15) is 18.5 Å². The zero-order chi connectivity index (χ0) is 20.8. The highest BCUT2D eigenvalue weighted by molar-refractivity contribution is 6.02. The van der Waals surface area contributed by atoms with Crippen LogP contribution in [0.15, 0.2) is 65.3 Å². The van der Waals surface area contributed by atoms with Crippen LogP contribution in [-0.4, -0.2) is 37.1 Å². The largest absolute Gasteiger partial charge is 0.491 e. The number of carbonyl (C=O) groups is 1. The maximum atomic E-state index is 11.9. The lowest BCUT2D eigenvalue weighted by Gasteiger charge is -2.13. The van der Waals surface area contributed by atoms with Crippen molar-refractivity contribution in [1.29, 1.82) is 0 Å². The number of nitrogens with one attached hydrogen (secondary N) is 1. The Balaban J connectivity index is 1.17. The zero-order valence-corrected chi connectivity index (χ0v) is 16.1. The number of hydrogen-bond donors (Lipinski definition) is 2. The lowest BCUT2D eigenvalue weighted by molar-refractivity contribution is 0.00546. The number of ether oxygens (including phenoxy) is 4. The monoisotopic (exact) mass is 411 g/mol. The fourth-order valence-corrected chi connectivity index (χ4v) is 2.82. The van der Waals surface area contributed by atoms with Gasteiger partial charge in [-0.3, -0.25) is 4.79 Å². The van der Waals surface area contributed by atoms with E-state index in [1.807, 2.05) is 18.2 Å². The summed E-state index contributed by atoms with van der Waals surface area (Å²) in [6.45, 7) is 0.787. The molecule has 1 aromatic heterocycles. The molecular formula is C22H21NO7. The Hall–Kier alpha value is -3.49. The van der Waals surface area contributed by atoms with E-state index in [-0.39, 0.29) is 31.7 Å². The number of rotatable bonds is 9. The Morgan fingerprint density at radius 1 is 1.07 bits per heavy atom. The minimum Gasteiger partial charge on any atom is -0.491 e. The molecule has 0 saturated carbocycles. The maximum Gasteiger partial charge on any atom is 0.291 e. The molecule has 3 aromatic rings. The molecule has 0 spiro atoms. The van der Waals surface area contributed by atoms with E-state index in [2.05, 4.69) is 5.32 Å². The maximum absolute atomic E-state index is 11.9. The topological polar surface area (TPSA) is 99.4 Å². The summed E-state index contributed by atoms with van der Waals surface area (Å²) in [5, 5.41) is 12.8. The van der Waals surface area contributed by atoms with Crippen molar-refractivity contribution in [3.05, 3.63) is 72.2 Å². The second-order valence-electron chi connectivity index (χ2n) is 6.62. The molecule has 1 unspecified atom stereocenters. The predicted octanol–water partition coefficient (Wildman–Crippen LogP) is 3.22. The number of aliphatic hydroxyl groups is 1. The van der Waals surface area contributed by atoms with Crippen molar-refractivity contribution in [3.63, 3.8) is 0 Å². The van der Waals surface area contributed by atoms with Gasteiger partial charge in [0.15, 0.2) is 17.3 Å². The van der Waals surface area contributed by atoms with Crippen LogP contribution in [0.4, 0.5) is 5.69 Å². The van der Waals surface area contributed by atoms with Crippen LogP contribution in [-0.2, 0) is 11.3 Å². The quantitative estimate of drug-likeness (QED) is 0.558. The highest BCUT2D eigenvalue weighted by Gasteiger charge is 2.14. The van der Waals surface area contributed by atoms with Crippen molar-refractivity contribution >= 4 is 11.6 Å². The van der Waals surface area contributed by atoms with Crippen LogP contribution in [0.2, 0.25) is 0 Å². The van der Waals surface area contributed by atoms with Gasteiger partial charge in [0.05, 0.1) is 19.5 Å². The van der Waals surface area contributed by atoms with Gasteiger partial charge in [-0.2, -0.15) is 0 Å². The van der Waals surface area contributed by atoms with Crippen molar-refractivity contribution in [2.75, 3.05) is 25.3 Å². The molecule has 1 aliphatic heterocycles. The Kier molecular flexibility index (Phi) is 6.17. The van der Waals surface area contributed by atoms with Crippen LogP contribution >= 0.6 is 0 Å². The highest BCUT2D eigenvalue weighted by atomic mass is 16.7. The first-order valence-electron chi connectivity index (χ1n) is 9.39. The second kappa shape index (κ2) is 9.34. The minimum absolute atomic E-state index is 0.0826. The van der Waals surface area contributed by atoms with E-state index in [0.29, 0.717) is 23.8 Å². The van der Waals surface area contributed by atoms with Gasteiger partial charge < -0.3 is 33.8 Å². The first kappa shape index (κ1) is 19.8. The van der Waals surface area contributed by atoms with Gasteiger partial charge in [0.2, 0.25) is 6.79 Å².